The standard InChI is InChI=1S/C17H24N4O4S/c1-13-17(26(23,24)20-8-3-4-9-20)14(2)21(19-13)10-7-16(22)18-12-15-6-5-11-25-15/h5-6,11H,3-4,7-10,12H2,1-2H3,(H,18,22). The summed E-state index contributed by atoms with van der Waals surface area (Å²) in [5.74, 6) is 0.543. The Kier molecular flexibility index (Phi) is 5.47. The van der Waals surface area contributed by atoms with Gasteiger partial charge in [0.1, 0.15) is 10.7 Å². The number of hydrogen-bond donors (Lipinski definition) is 1. The molecule has 0 radical (unpaired) electrons. The van der Waals surface area contributed by atoms with E-state index in [1.807, 2.05) is 0 Å². The fourth-order valence-electron chi connectivity index (χ4n) is 3.22. The van der Waals surface area contributed by atoms with Crippen molar-refractivity contribution in [2.24, 2.45) is 0 Å². The summed E-state index contributed by atoms with van der Waals surface area (Å²) in [5, 5.41) is 7.11. The Hall–Kier alpha value is -2.13. The lowest BCUT2D eigenvalue weighted by molar-refractivity contribution is -0.121. The molecule has 1 aliphatic rings. The monoisotopic (exact) mass is 380 g/mol. The van der Waals surface area contributed by atoms with Crippen LogP contribution in [0, 0.1) is 13.8 Å². The van der Waals surface area contributed by atoms with Crippen LogP contribution in [0.1, 0.15) is 36.4 Å². The molecule has 0 spiro atoms. The number of nitrogens with one attached hydrogen (secondary N) is 1. The number of aromatic nitrogens is 2. The summed E-state index contributed by atoms with van der Waals surface area (Å²) in [7, 11) is -3.52. The summed E-state index contributed by atoms with van der Waals surface area (Å²) in [6, 6.07) is 3.55. The molecule has 1 aliphatic heterocycles. The molecule has 9 heteroatoms. The molecule has 3 heterocycles. The van der Waals surface area contributed by atoms with Gasteiger partial charge in [-0.1, -0.05) is 0 Å². The molecule has 0 bridgehead atoms. The number of aryl methyl sites for hydroxylation is 2. The number of carbonyl (C=O) groups is 1. The van der Waals surface area contributed by atoms with Crippen molar-refractivity contribution in [3.05, 3.63) is 35.5 Å². The Morgan fingerprint density at radius 3 is 2.69 bits per heavy atom. The molecule has 1 amide bonds. The Morgan fingerprint density at radius 1 is 1.31 bits per heavy atom. The van der Waals surface area contributed by atoms with Gasteiger partial charge in [-0.05, 0) is 38.8 Å². The van der Waals surface area contributed by atoms with Crippen LogP contribution in [0.5, 0.6) is 0 Å². The second kappa shape index (κ2) is 7.63. The molecule has 2 aromatic heterocycles. The van der Waals surface area contributed by atoms with Crippen LogP contribution in [0.4, 0.5) is 0 Å². The molecular weight excluding hydrogens is 356 g/mol. The third kappa shape index (κ3) is 3.83. The summed E-state index contributed by atoms with van der Waals surface area (Å²) < 4.78 is 34.0. The highest BCUT2D eigenvalue weighted by Gasteiger charge is 2.32. The molecule has 1 fully saturated rings. The highest BCUT2D eigenvalue weighted by atomic mass is 32.2. The lowest BCUT2D eigenvalue weighted by Gasteiger charge is -2.15. The van der Waals surface area contributed by atoms with E-state index in [0.717, 1.165) is 12.8 Å². The normalized spacial score (nSPS) is 15.5. The van der Waals surface area contributed by atoms with Gasteiger partial charge < -0.3 is 9.73 Å². The highest BCUT2D eigenvalue weighted by molar-refractivity contribution is 7.89. The first-order valence-electron chi connectivity index (χ1n) is 8.73. The fourth-order valence-corrected chi connectivity index (χ4v) is 5.11. The van der Waals surface area contributed by atoms with Crippen molar-refractivity contribution in [3.63, 3.8) is 0 Å². The zero-order chi connectivity index (χ0) is 18.7. The molecule has 142 valence electrons. The maximum Gasteiger partial charge on any atom is 0.246 e. The topological polar surface area (TPSA) is 97.4 Å². The summed E-state index contributed by atoms with van der Waals surface area (Å²) in [4.78, 5) is 12.3. The minimum Gasteiger partial charge on any atom is -0.467 e. The van der Waals surface area contributed by atoms with E-state index in [1.165, 1.54) is 4.31 Å². The van der Waals surface area contributed by atoms with Gasteiger partial charge in [0.25, 0.3) is 0 Å². The Balaban J connectivity index is 1.65. The third-order valence-corrected chi connectivity index (χ3v) is 6.72. The molecule has 0 saturated carbocycles. The van der Waals surface area contributed by atoms with Gasteiger partial charge in [0.05, 0.1) is 30.7 Å². The largest absolute Gasteiger partial charge is 0.467 e. The van der Waals surface area contributed by atoms with Crippen molar-refractivity contribution in [1.82, 2.24) is 19.4 Å². The van der Waals surface area contributed by atoms with Gasteiger partial charge in [0, 0.05) is 19.5 Å². The quantitative estimate of drug-likeness (QED) is 0.787. The van der Waals surface area contributed by atoms with E-state index < -0.39 is 10.0 Å². The van der Waals surface area contributed by atoms with E-state index in [-0.39, 0.29) is 17.2 Å². The van der Waals surface area contributed by atoms with Gasteiger partial charge in [-0.2, -0.15) is 9.40 Å². The van der Waals surface area contributed by atoms with Crippen LogP contribution in [0.2, 0.25) is 0 Å². The molecule has 0 aliphatic carbocycles. The van der Waals surface area contributed by atoms with Gasteiger partial charge in [0.15, 0.2) is 0 Å². The molecule has 1 saturated heterocycles. The molecule has 2 aromatic rings. The van der Waals surface area contributed by atoms with E-state index in [9.17, 15) is 13.2 Å². The Labute approximate surface area is 153 Å². The number of amides is 1. The van der Waals surface area contributed by atoms with Gasteiger partial charge in [-0.3, -0.25) is 9.48 Å². The first-order chi connectivity index (χ1) is 12.4. The average molecular weight is 380 g/mol. The van der Waals surface area contributed by atoms with E-state index in [2.05, 4.69) is 10.4 Å². The van der Waals surface area contributed by atoms with E-state index in [1.54, 1.807) is 36.9 Å². The van der Waals surface area contributed by atoms with Gasteiger partial charge in [-0.15, -0.1) is 0 Å². The van der Waals surface area contributed by atoms with E-state index in [4.69, 9.17) is 4.42 Å². The number of rotatable bonds is 7. The number of nitrogens with zero attached hydrogens (tertiary/aromatic N) is 3. The molecule has 8 nitrogen and oxygen atoms in total. The first kappa shape index (κ1) is 18.7. The molecule has 3 rings (SSSR count). The summed E-state index contributed by atoms with van der Waals surface area (Å²) in [6.07, 6.45) is 3.55. The zero-order valence-corrected chi connectivity index (χ0v) is 15.9. The maximum atomic E-state index is 12.8. The molecule has 0 aromatic carbocycles. The van der Waals surface area contributed by atoms with Crippen LogP contribution in [0.25, 0.3) is 0 Å². The SMILES string of the molecule is Cc1nn(CCC(=O)NCc2ccco2)c(C)c1S(=O)(=O)N1CCCC1. The van der Waals surface area contributed by atoms with Crippen LogP contribution in [0.3, 0.4) is 0 Å². The molecule has 1 N–H and O–H groups in total. The average Bonchev–Trinajstić information content (AvgIpc) is 3.33. The lowest BCUT2D eigenvalue weighted by atomic mass is 10.3. The van der Waals surface area contributed by atoms with Gasteiger partial charge in [0.2, 0.25) is 15.9 Å². The van der Waals surface area contributed by atoms with E-state index >= 15 is 0 Å². The highest BCUT2D eigenvalue weighted by Crippen LogP contribution is 2.26. The molecular formula is C17H24N4O4S. The molecule has 26 heavy (non-hydrogen) atoms. The van der Waals surface area contributed by atoms with Crippen molar-refractivity contribution < 1.29 is 17.6 Å². The maximum absolute atomic E-state index is 12.8. The lowest BCUT2D eigenvalue weighted by Crippen LogP contribution is -2.28. The summed E-state index contributed by atoms with van der Waals surface area (Å²) in [6.45, 7) is 5.21. The number of carbonyl (C=O) groups excluding carboxylic acids is 1. The predicted molar refractivity (Wildman–Crippen MR) is 94.9 cm³/mol. The second-order valence-corrected chi connectivity index (χ2v) is 8.32. The van der Waals surface area contributed by atoms with Crippen molar-refractivity contribution >= 4 is 15.9 Å². The second-order valence-electron chi connectivity index (χ2n) is 6.44. The van der Waals surface area contributed by atoms with Crippen molar-refractivity contribution in [2.75, 3.05) is 13.1 Å². The van der Waals surface area contributed by atoms with Crippen LogP contribution < -0.4 is 5.32 Å². The smallest absolute Gasteiger partial charge is 0.246 e. The number of sulfonamides is 1. The fraction of sp³-hybridized carbons (Fsp3) is 0.529. The number of furan rings is 1. The van der Waals surface area contributed by atoms with Crippen LogP contribution in [0.15, 0.2) is 27.7 Å². The van der Waals surface area contributed by atoms with Crippen molar-refractivity contribution in [1.29, 1.82) is 0 Å². The van der Waals surface area contributed by atoms with E-state index in [0.29, 0.717) is 43.3 Å². The zero-order valence-electron chi connectivity index (χ0n) is 15.1. The summed E-state index contributed by atoms with van der Waals surface area (Å²) >= 11 is 0. The van der Waals surface area contributed by atoms with Crippen molar-refractivity contribution in [3.8, 4) is 0 Å². The van der Waals surface area contributed by atoms with Crippen LogP contribution in [-0.2, 0) is 27.9 Å². The summed E-state index contributed by atoms with van der Waals surface area (Å²) in [5.41, 5.74) is 1.05. The van der Waals surface area contributed by atoms with Gasteiger partial charge in [-0.25, -0.2) is 8.42 Å². The van der Waals surface area contributed by atoms with Crippen LogP contribution in [-0.4, -0.2) is 41.5 Å². The van der Waals surface area contributed by atoms with Gasteiger partial charge >= 0.3 is 0 Å². The third-order valence-electron chi connectivity index (χ3n) is 4.57. The molecule has 0 unspecified atom stereocenters. The Morgan fingerprint density at radius 2 is 2.04 bits per heavy atom. The van der Waals surface area contributed by atoms with Crippen LogP contribution >= 0.6 is 0 Å². The number of hydrogen-bond acceptors (Lipinski definition) is 5. The predicted octanol–water partition coefficient (Wildman–Crippen LogP) is 1.58. The minimum atomic E-state index is -3.52. The molecule has 0 atom stereocenters. The first-order valence-corrected chi connectivity index (χ1v) is 10.2. The Bertz CT molecular complexity index is 865. The minimum absolute atomic E-state index is 0.141. The van der Waals surface area contributed by atoms with Crippen molar-refractivity contribution in [2.45, 2.75) is 51.1 Å².